The Morgan fingerprint density at radius 3 is 2.93 bits per heavy atom. The fraction of sp³-hybridized carbons (Fsp3) is 0.778. The van der Waals surface area contributed by atoms with Crippen LogP contribution in [0.25, 0.3) is 0 Å². The highest BCUT2D eigenvalue weighted by atomic mass is 32.1. The number of hydrogen-bond donors (Lipinski definition) is 2. The van der Waals surface area contributed by atoms with E-state index in [0.717, 1.165) is 13.1 Å². The molecule has 0 radical (unpaired) electrons. The van der Waals surface area contributed by atoms with E-state index >= 15 is 0 Å². The van der Waals surface area contributed by atoms with E-state index in [1.54, 1.807) is 0 Å². The standard InChI is InChI=1S/C9H17N3OS/c1-4-10-8(14)12-6-5-11-7(13)9(12,2)3/h4-6H2,1-3H3,(H,10,14)(H,11,13). The van der Waals surface area contributed by atoms with E-state index in [4.69, 9.17) is 12.2 Å². The Morgan fingerprint density at radius 2 is 2.36 bits per heavy atom. The average Bonchev–Trinajstić information content (AvgIpc) is 2.10. The van der Waals surface area contributed by atoms with Gasteiger partial charge in [-0.1, -0.05) is 0 Å². The molecule has 0 saturated carbocycles. The van der Waals surface area contributed by atoms with E-state index in [0.29, 0.717) is 11.7 Å². The van der Waals surface area contributed by atoms with Gasteiger partial charge in [0, 0.05) is 19.6 Å². The maximum Gasteiger partial charge on any atom is 0.245 e. The van der Waals surface area contributed by atoms with Gasteiger partial charge in [0.15, 0.2) is 5.11 Å². The van der Waals surface area contributed by atoms with E-state index < -0.39 is 5.54 Å². The van der Waals surface area contributed by atoms with Crippen LogP contribution in [-0.2, 0) is 4.79 Å². The molecule has 1 amide bonds. The van der Waals surface area contributed by atoms with Gasteiger partial charge >= 0.3 is 0 Å². The predicted molar refractivity (Wildman–Crippen MR) is 60.1 cm³/mol. The van der Waals surface area contributed by atoms with E-state index in [2.05, 4.69) is 10.6 Å². The third-order valence-corrected chi connectivity index (χ3v) is 2.79. The fourth-order valence-electron chi connectivity index (χ4n) is 1.50. The van der Waals surface area contributed by atoms with Gasteiger partial charge in [0.25, 0.3) is 0 Å². The number of amides is 1. The third kappa shape index (κ3) is 1.97. The summed E-state index contributed by atoms with van der Waals surface area (Å²) < 4.78 is 0. The fourth-order valence-corrected chi connectivity index (χ4v) is 1.97. The second-order valence-electron chi connectivity index (χ2n) is 3.80. The summed E-state index contributed by atoms with van der Waals surface area (Å²) in [5.41, 5.74) is -0.544. The predicted octanol–water partition coefficient (Wildman–Crippen LogP) is 0.0912. The Balaban J connectivity index is 2.76. The van der Waals surface area contributed by atoms with Crippen molar-refractivity contribution in [1.29, 1.82) is 0 Å². The van der Waals surface area contributed by atoms with Crippen LogP contribution in [0.5, 0.6) is 0 Å². The lowest BCUT2D eigenvalue weighted by atomic mass is 10.00. The van der Waals surface area contributed by atoms with E-state index in [-0.39, 0.29) is 5.91 Å². The molecule has 0 aromatic rings. The summed E-state index contributed by atoms with van der Waals surface area (Å²) in [5.74, 6) is 0.0315. The van der Waals surface area contributed by atoms with Crippen molar-refractivity contribution in [2.45, 2.75) is 26.3 Å². The molecule has 0 aromatic heterocycles. The number of carbonyl (C=O) groups excluding carboxylic acids is 1. The molecule has 4 nitrogen and oxygen atoms in total. The smallest absolute Gasteiger partial charge is 0.245 e. The van der Waals surface area contributed by atoms with Gasteiger partial charge in [0.1, 0.15) is 5.54 Å². The molecule has 0 aromatic carbocycles. The zero-order valence-electron chi connectivity index (χ0n) is 8.89. The summed E-state index contributed by atoms with van der Waals surface area (Å²) in [6.07, 6.45) is 0. The van der Waals surface area contributed by atoms with Crippen molar-refractivity contribution in [1.82, 2.24) is 15.5 Å². The molecule has 14 heavy (non-hydrogen) atoms. The molecule has 0 atom stereocenters. The first-order chi connectivity index (χ1) is 6.50. The van der Waals surface area contributed by atoms with Crippen molar-refractivity contribution < 1.29 is 4.79 Å². The van der Waals surface area contributed by atoms with Crippen LogP contribution in [0.3, 0.4) is 0 Å². The van der Waals surface area contributed by atoms with Crippen molar-refractivity contribution >= 4 is 23.2 Å². The van der Waals surface area contributed by atoms with Crippen molar-refractivity contribution in [3.8, 4) is 0 Å². The van der Waals surface area contributed by atoms with Crippen molar-refractivity contribution in [3.05, 3.63) is 0 Å². The molecule has 1 fully saturated rings. The number of carbonyl (C=O) groups is 1. The zero-order valence-corrected chi connectivity index (χ0v) is 9.70. The highest BCUT2D eigenvalue weighted by molar-refractivity contribution is 7.80. The average molecular weight is 215 g/mol. The maximum atomic E-state index is 11.6. The molecule has 0 aliphatic carbocycles. The van der Waals surface area contributed by atoms with Gasteiger partial charge < -0.3 is 15.5 Å². The van der Waals surface area contributed by atoms with Crippen molar-refractivity contribution in [2.75, 3.05) is 19.6 Å². The molecule has 0 spiro atoms. The van der Waals surface area contributed by atoms with Gasteiger partial charge in [-0.05, 0) is 33.0 Å². The Bertz CT molecular complexity index is 252. The van der Waals surface area contributed by atoms with E-state index in [9.17, 15) is 4.79 Å². The second kappa shape index (κ2) is 4.13. The highest BCUT2D eigenvalue weighted by Crippen LogP contribution is 2.17. The number of piperazine rings is 1. The normalized spacial score (nSPS) is 20.2. The van der Waals surface area contributed by atoms with Gasteiger partial charge in [-0.15, -0.1) is 0 Å². The number of hydrogen-bond acceptors (Lipinski definition) is 2. The Kier molecular flexibility index (Phi) is 3.31. The zero-order chi connectivity index (χ0) is 10.8. The molecule has 0 unspecified atom stereocenters. The summed E-state index contributed by atoms with van der Waals surface area (Å²) in [5, 5.41) is 6.56. The van der Waals surface area contributed by atoms with Gasteiger partial charge in [-0.2, -0.15) is 0 Å². The summed E-state index contributed by atoms with van der Waals surface area (Å²) in [7, 11) is 0. The molecule has 5 heteroatoms. The molecule has 1 aliphatic heterocycles. The molecule has 1 aliphatic rings. The highest BCUT2D eigenvalue weighted by Gasteiger charge is 2.38. The molecule has 1 saturated heterocycles. The summed E-state index contributed by atoms with van der Waals surface area (Å²) in [6.45, 7) is 7.96. The van der Waals surface area contributed by atoms with Crippen LogP contribution in [0, 0.1) is 0 Å². The van der Waals surface area contributed by atoms with Gasteiger partial charge in [-0.25, -0.2) is 0 Å². The van der Waals surface area contributed by atoms with Crippen molar-refractivity contribution in [2.24, 2.45) is 0 Å². The molecular formula is C9H17N3OS. The first kappa shape index (κ1) is 11.2. The van der Waals surface area contributed by atoms with Gasteiger partial charge in [0.2, 0.25) is 5.91 Å². The Labute approximate surface area is 90.0 Å². The number of nitrogens with zero attached hydrogens (tertiary/aromatic N) is 1. The van der Waals surface area contributed by atoms with Gasteiger partial charge in [0.05, 0.1) is 0 Å². The lowest BCUT2D eigenvalue weighted by molar-refractivity contribution is -0.132. The van der Waals surface area contributed by atoms with Crippen molar-refractivity contribution in [3.63, 3.8) is 0 Å². The molecule has 1 heterocycles. The topological polar surface area (TPSA) is 44.4 Å². The van der Waals surface area contributed by atoms with Crippen LogP contribution in [0.15, 0.2) is 0 Å². The number of nitrogens with one attached hydrogen (secondary N) is 2. The van der Waals surface area contributed by atoms with Crippen LogP contribution in [0.4, 0.5) is 0 Å². The first-order valence-electron chi connectivity index (χ1n) is 4.84. The van der Waals surface area contributed by atoms with Crippen LogP contribution in [-0.4, -0.2) is 41.1 Å². The van der Waals surface area contributed by atoms with Crippen LogP contribution in [0.1, 0.15) is 20.8 Å². The van der Waals surface area contributed by atoms with Crippen LogP contribution in [0.2, 0.25) is 0 Å². The molecular weight excluding hydrogens is 198 g/mol. The molecule has 0 bridgehead atoms. The molecule has 80 valence electrons. The van der Waals surface area contributed by atoms with E-state index in [1.165, 1.54) is 0 Å². The van der Waals surface area contributed by atoms with Crippen LogP contribution >= 0.6 is 12.2 Å². The largest absolute Gasteiger partial charge is 0.363 e. The SMILES string of the molecule is CCNC(=S)N1CCNC(=O)C1(C)C. The quantitative estimate of drug-likeness (QED) is 0.609. The minimum absolute atomic E-state index is 0.0315. The Hall–Kier alpha value is -0.840. The van der Waals surface area contributed by atoms with Crippen LogP contribution < -0.4 is 10.6 Å². The minimum atomic E-state index is -0.544. The van der Waals surface area contributed by atoms with E-state index in [1.807, 2.05) is 25.7 Å². The number of rotatable bonds is 1. The first-order valence-corrected chi connectivity index (χ1v) is 5.24. The molecule has 1 rings (SSSR count). The van der Waals surface area contributed by atoms with Gasteiger partial charge in [-0.3, -0.25) is 4.79 Å². The second-order valence-corrected chi connectivity index (χ2v) is 4.19. The summed E-state index contributed by atoms with van der Waals surface area (Å²) in [4.78, 5) is 13.5. The third-order valence-electron chi connectivity index (χ3n) is 2.42. The lowest BCUT2D eigenvalue weighted by Gasteiger charge is -2.42. The molecule has 2 N–H and O–H groups in total. The minimum Gasteiger partial charge on any atom is -0.363 e. The summed E-state index contributed by atoms with van der Waals surface area (Å²) >= 11 is 5.21. The number of thiocarbonyl (C=S) groups is 1. The Morgan fingerprint density at radius 1 is 1.71 bits per heavy atom. The summed E-state index contributed by atoms with van der Waals surface area (Å²) in [6, 6.07) is 0. The lowest BCUT2D eigenvalue weighted by Crippen LogP contribution is -2.65. The maximum absolute atomic E-state index is 11.6. The monoisotopic (exact) mass is 215 g/mol.